The maximum Gasteiger partial charge on any atom is 0.119 e. The summed E-state index contributed by atoms with van der Waals surface area (Å²) in [4.78, 5) is 4.90. The van der Waals surface area contributed by atoms with Crippen molar-refractivity contribution in [2.24, 2.45) is 0 Å². The Balaban J connectivity index is 0.00000253. The van der Waals surface area contributed by atoms with Crippen LogP contribution in [0.4, 0.5) is 5.69 Å². The predicted octanol–water partition coefficient (Wildman–Crippen LogP) is 7.48. The van der Waals surface area contributed by atoms with Gasteiger partial charge in [0.25, 0.3) is 0 Å². The number of ether oxygens (including phenoxy) is 1. The second-order valence-electron chi connectivity index (χ2n) is 10.1. The lowest BCUT2D eigenvalue weighted by Gasteiger charge is -2.41. The number of benzene rings is 3. The summed E-state index contributed by atoms with van der Waals surface area (Å²) in [5, 5.41) is 12.7. The molecule has 0 aromatic heterocycles. The lowest BCUT2D eigenvalue weighted by atomic mass is 9.78. The highest BCUT2D eigenvalue weighted by Crippen LogP contribution is 2.38. The molecule has 1 aliphatic rings. The fourth-order valence-electron chi connectivity index (χ4n) is 5.07. The molecule has 1 aliphatic heterocycles. The topological polar surface area (TPSA) is 35.9 Å². The number of hydrogen-bond acceptors (Lipinski definition) is 4. The summed E-state index contributed by atoms with van der Waals surface area (Å²) in [6, 6.07) is 24.5. The van der Waals surface area contributed by atoms with E-state index in [1.165, 1.54) is 11.3 Å². The van der Waals surface area contributed by atoms with Gasteiger partial charge in [-0.3, -0.25) is 4.90 Å². The van der Waals surface area contributed by atoms with Crippen LogP contribution in [0, 0.1) is 6.92 Å². The van der Waals surface area contributed by atoms with Crippen molar-refractivity contribution in [2.45, 2.75) is 45.1 Å². The number of halogens is 3. The van der Waals surface area contributed by atoms with Gasteiger partial charge in [-0.2, -0.15) is 0 Å². The van der Waals surface area contributed by atoms with Crippen LogP contribution < -0.4 is 9.64 Å². The maximum absolute atomic E-state index is 11.9. The van der Waals surface area contributed by atoms with Gasteiger partial charge in [0.1, 0.15) is 5.75 Å². The first-order chi connectivity index (χ1) is 17.4. The van der Waals surface area contributed by atoms with Gasteiger partial charge in [0, 0.05) is 49.4 Å². The van der Waals surface area contributed by atoms with Crippen molar-refractivity contribution in [1.82, 2.24) is 4.90 Å². The first-order valence-corrected chi connectivity index (χ1v) is 13.5. The Morgan fingerprint density at radius 3 is 2.24 bits per heavy atom. The van der Waals surface area contributed by atoms with Crippen LogP contribution in [0.15, 0.2) is 72.8 Å². The Morgan fingerprint density at radius 2 is 1.61 bits per heavy atom. The van der Waals surface area contributed by atoms with E-state index in [1.54, 1.807) is 0 Å². The van der Waals surface area contributed by atoms with Gasteiger partial charge < -0.3 is 14.7 Å². The smallest absolute Gasteiger partial charge is 0.119 e. The largest absolute Gasteiger partial charge is 0.494 e. The van der Waals surface area contributed by atoms with Gasteiger partial charge in [0.15, 0.2) is 0 Å². The molecular weight excluding hydrogens is 539 g/mol. The molecule has 4 nitrogen and oxygen atoms in total. The molecule has 1 N–H and O–H groups in total. The van der Waals surface area contributed by atoms with Crippen LogP contribution in [0.5, 0.6) is 5.75 Å². The third-order valence-corrected chi connectivity index (χ3v) is 7.65. The quantitative estimate of drug-likeness (QED) is 0.253. The van der Waals surface area contributed by atoms with Gasteiger partial charge in [-0.25, -0.2) is 0 Å². The summed E-state index contributed by atoms with van der Waals surface area (Å²) in [7, 11) is 0. The second kappa shape index (κ2) is 15.0. The highest BCUT2D eigenvalue weighted by molar-refractivity contribution is 6.30. The first kappa shape index (κ1) is 32.3. The van der Waals surface area contributed by atoms with Gasteiger partial charge in [0.05, 0.1) is 12.2 Å². The molecule has 2 unspecified atom stereocenters. The third-order valence-electron chi connectivity index (χ3n) is 7.41. The summed E-state index contributed by atoms with van der Waals surface area (Å²) in [5.74, 6) is 0.789. The number of rotatable bonds is 10. The summed E-state index contributed by atoms with van der Waals surface area (Å²) in [6.07, 6.45) is 2.15. The number of nitrogens with zero attached hydrogens (tertiary/aromatic N) is 2. The zero-order valence-electron chi connectivity index (χ0n) is 22.6. The molecule has 0 aliphatic carbocycles. The van der Waals surface area contributed by atoms with Crippen LogP contribution in [-0.4, -0.2) is 49.3 Å². The summed E-state index contributed by atoms with van der Waals surface area (Å²) in [6.45, 7) is 11.5. The van der Waals surface area contributed by atoms with Crippen molar-refractivity contribution >= 4 is 42.1 Å². The predicted molar refractivity (Wildman–Crippen MR) is 165 cm³/mol. The van der Waals surface area contributed by atoms with Crippen LogP contribution in [-0.2, 0) is 5.60 Å². The van der Waals surface area contributed by atoms with Crippen LogP contribution in [0.3, 0.4) is 0 Å². The molecule has 0 bridgehead atoms. The van der Waals surface area contributed by atoms with Crippen molar-refractivity contribution in [3.8, 4) is 5.75 Å². The molecule has 208 valence electrons. The fraction of sp³-hybridized carbons (Fsp3) is 0.419. The molecule has 2 atom stereocenters. The fourth-order valence-corrected chi connectivity index (χ4v) is 5.24. The number of piperazine rings is 1. The van der Waals surface area contributed by atoms with E-state index in [0.29, 0.717) is 0 Å². The molecular formula is C31H41Cl3N2O2. The maximum atomic E-state index is 11.9. The molecule has 0 saturated carbocycles. The van der Waals surface area contributed by atoms with Gasteiger partial charge in [0.2, 0.25) is 0 Å². The van der Waals surface area contributed by atoms with E-state index in [0.717, 1.165) is 74.1 Å². The molecule has 3 aromatic carbocycles. The average molecular weight is 580 g/mol. The summed E-state index contributed by atoms with van der Waals surface area (Å²) in [5.41, 5.74) is 3.51. The lowest BCUT2D eigenvalue weighted by Crippen LogP contribution is -2.49. The SMILES string of the molecule is CCCCOc1ccc(C(C)(O)C(CN2CCN(c3cc(Cl)ccc3C)CC2)c2ccccc2)cc1.Cl.Cl. The monoisotopic (exact) mass is 578 g/mol. The molecule has 0 radical (unpaired) electrons. The Hall–Kier alpha value is -1.95. The molecule has 0 amide bonds. The van der Waals surface area contributed by atoms with E-state index < -0.39 is 5.60 Å². The molecule has 3 aromatic rings. The van der Waals surface area contributed by atoms with Crippen LogP contribution in [0.25, 0.3) is 0 Å². The summed E-state index contributed by atoms with van der Waals surface area (Å²) >= 11 is 6.28. The lowest BCUT2D eigenvalue weighted by molar-refractivity contribution is 0.0121. The number of aliphatic hydroxyl groups is 1. The van der Waals surface area contributed by atoms with Crippen LogP contribution in [0.2, 0.25) is 5.02 Å². The first-order valence-electron chi connectivity index (χ1n) is 13.1. The Morgan fingerprint density at radius 1 is 0.947 bits per heavy atom. The van der Waals surface area contributed by atoms with E-state index in [1.807, 2.05) is 43.3 Å². The second-order valence-corrected chi connectivity index (χ2v) is 10.5. The van der Waals surface area contributed by atoms with E-state index >= 15 is 0 Å². The molecule has 7 heteroatoms. The van der Waals surface area contributed by atoms with Crippen molar-refractivity contribution in [3.05, 3.63) is 94.5 Å². The molecule has 4 rings (SSSR count). The van der Waals surface area contributed by atoms with Crippen molar-refractivity contribution < 1.29 is 9.84 Å². The molecule has 1 heterocycles. The van der Waals surface area contributed by atoms with Crippen molar-refractivity contribution in [1.29, 1.82) is 0 Å². The highest BCUT2D eigenvalue weighted by Gasteiger charge is 2.36. The van der Waals surface area contributed by atoms with Gasteiger partial charge in [-0.15, -0.1) is 24.8 Å². The number of hydrogen-bond donors (Lipinski definition) is 1. The molecule has 38 heavy (non-hydrogen) atoms. The van der Waals surface area contributed by atoms with Crippen LogP contribution in [0.1, 0.15) is 49.3 Å². The zero-order valence-corrected chi connectivity index (χ0v) is 25.0. The van der Waals surface area contributed by atoms with E-state index in [-0.39, 0.29) is 30.7 Å². The molecule has 1 fully saturated rings. The van der Waals surface area contributed by atoms with E-state index in [9.17, 15) is 5.11 Å². The molecule has 0 spiro atoms. The van der Waals surface area contributed by atoms with Crippen molar-refractivity contribution in [3.63, 3.8) is 0 Å². The number of unbranched alkanes of at least 4 members (excludes halogenated alkanes) is 1. The van der Waals surface area contributed by atoms with Gasteiger partial charge in [-0.1, -0.05) is 73.5 Å². The Kier molecular flexibility index (Phi) is 12.7. The van der Waals surface area contributed by atoms with E-state index in [4.69, 9.17) is 16.3 Å². The minimum atomic E-state index is -1.02. The average Bonchev–Trinajstić information content (AvgIpc) is 2.90. The number of aryl methyl sites for hydroxylation is 1. The third kappa shape index (κ3) is 8.03. The standard InChI is InChI=1S/C31H39ClN2O2.2ClH/c1-4-5-21-36-28-15-12-26(13-16-28)31(3,35)29(25-9-7-6-8-10-25)23-33-17-19-34(20-18-33)30-22-27(32)14-11-24(30)2;;/h6-16,22,29,35H,4-5,17-21,23H2,1-3H3;2*1H. The Bertz CT molecular complexity index is 1100. The minimum absolute atomic E-state index is 0. The zero-order chi connectivity index (χ0) is 25.5. The van der Waals surface area contributed by atoms with Gasteiger partial charge >= 0.3 is 0 Å². The number of anilines is 1. The highest BCUT2D eigenvalue weighted by atomic mass is 35.5. The van der Waals surface area contributed by atoms with Gasteiger partial charge in [-0.05, 0) is 61.2 Å². The Labute approximate surface area is 245 Å². The minimum Gasteiger partial charge on any atom is -0.494 e. The van der Waals surface area contributed by atoms with Crippen molar-refractivity contribution in [2.75, 3.05) is 44.2 Å². The molecule has 1 saturated heterocycles. The summed E-state index contributed by atoms with van der Waals surface area (Å²) < 4.78 is 5.84. The normalized spacial score (nSPS) is 16.1. The van der Waals surface area contributed by atoms with E-state index in [2.05, 4.69) is 60.0 Å². The van der Waals surface area contributed by atoms with Crippen LogP contribution >= 0.6 is 36.4 Å².